The second-order valence-corrected chi connectivity index (χ2v) is 6.52. The summed E-state index contributed by atoms with van der Waals surface area (Å²) in [6.07, 6.45) is 4.07. The largest absolute Gasteiger partial charge is 0.333 e. The lowest BCUT2D eigenvalue weighted by Gasteiger charge is -2.37. The van der Waals surface area contributed by atoms with Crippen LogP contribution in [0, 0.1) is 13.8 Å². The van der Waals surface area contributed by atoms with Crippen molar-refractivity contribution in [2.75, 3.05) is 19.6 Å². The van der Waals surface area contributed by atoms with Gasteiger partial charge in [0.2, 0.25) is 5.91 Å². The first-order chi connectivity index (χ1) is 11.6. The number of amides is 1. The minimum atomic E-state index is 0.0487. The molecule has 3 rings (SSSR count). The molecule has 0 saturated carbocycles. The molecule has 2 aromatic heterocycles. The van der Waals surface area contributed by atoms with E-state index in [2.05, 4.69) is 22.3 Å². The van der Waals surface area contributed by atoms with Gasteiger partial charge in [0.05, 0.1) is 17.8 Å². The van der Waals surface area contributed by atoms with Gasteiger partial charge in [-0.25, -0.2) is 0 Å². The first kappa shape index (κ1) is 16.6. The quantitative estimate of drug-likeness (QED) is 0.933. The normalized spacial score (nSPS) is 19.3. The van der Waals surface area contributed by atoms with Crippen LogP contribution in [0.15, 0.2) is 30.6 Å². The Kier molecular flexibility index (Phi) is 4.94. The number of carbonyl (C=O) groups is 1. The second kappa shape index (κ2) is 7.13. The Hall–Kier alpha value is -2.21. The van der Waals surface area contributed by atoms with E-state index >= 15 is 0 Å². The van der Waals surface area contributed by atoms with E-state index in [-0.39, 0.29) is 18.0 Å². The third kappa shape index (κ3) is 3.48. The van der Waals surface area contributed by atoms with Crippen LogP contribution in [0.25, 0.3) is 0 Å². The SMILES string of the molecule is Cc1cc(C)n(C(C)CC(=O)N2CCNCC2c2cccnc2)n1. The molecule has 0 spiro atoms. The van der Waals surface area contributed by atoms with Crippen LogP contribution >= 0.6 is 0 Å². The predicted molar refractivity (Wildman–Crippen MR) is 92.6 cm³/mol. The molecular weight excluding hydrogens is 302 g/mol. The number of aromatic nitrogens is 3. The summed E-state index contributed by atoms with van der Waals surface area (Å²) < 4.78 is 1.95. The number of pyridine rings is 1. The Balaban J connectivity index is 1.73. The van der Waals surface area contributed by atoms with Crippen molar-refractivity contribution in [3.63, 3.8) is 0 Å². The van der Waals surface area contributed by atoms with Crippen LogP contribution in [-0.2, 0) is 4.79 Å². The van der Waals surface area contributed by atoms with Crippen LogP contribution in [0.3, 0.4) is 0 Å². The van der Waals surface area contributed by atoms with Gasteiger partial charge in [0.25, 0.3) is 0 Å². The highest BCUT2D eigenvalue weighted by Gasteiger charge is 2.29. The number of rotatable bonds is 4. The predicted octanol–water partition coefficient (Wildman–Crippen LogP) is 2.02. The lowest BCUT2D eigenvalue weighted by Crippen LogP contribution is -2.49. The molecule has 1 N–H and O–H groups in total. The average Bonchev–Trinajstić information content (AvgIpc) is 2.94. The highest BCUT2D eigenvalue weighted by Crippen LogP contribution is 2.24. The Bertz CT molecular complexity index is 697. The van der Waals surface area contributed by atoms with Crippen LogP contribution in [0.5, 0.6) is 0 Å². The smallest absolute Gasteiger partial charge is 0.225 e. The number of aryl methyl sites for hydroxylation is 2. The van der Waals surface area contributed by atoms with Gasteiger partial charge in [-0.05, 0) is 38.5 Å². The van der Waals surface area contributed by atoms with Crippen molar-refractivity contribution in [3.8, 4) is 0 Å². The van der Waals surface area contributed by atoms with Crippen LogP contribution in [0.4, 0.5) is 0 Å². The molecular formula is C18H25N5O. The van der Waals surface area contributed by atoms with Gasteiger partial charge in [0.15, 0.2) is 0 Å². The summed E-state index contributed by atoms with van der Waals surface area (Å²) >= 11 is 0. The molecule has 128 valence electrons. The number of nitrogens with zero attached hydrogens (tertiary/aromatic N) is 4. The first-order valence-electron chi connectivity index (χ1n) is 8.49. The van der Waals surface area contributed by atoms with E-state index in [1.54, 1.807) is 6.20 Å². The molecule has 0 bridgehead atoms. The summed E-state index contributed by atoms with van der Waals surface area (Å²) in [5, 5.41) is 7.89. The van der Waals surface area contributed by atoms with Crippen molar-refractivity contribution in [3.05, 3.63) is 47.5 Å². The van der Waals surface area contributed by atoms with E-state index in [0.717, 1.165) is 36.6 Å². The maximum Gasteiger partial charge on any atom is 0.225 e. The molecule has 3 heterocycles. The lowest BCUT2D eigenvalue weighted by atomic mass is 10.0. The Morgan fingerprint density at radius 2 is 2.29 bits per heavy atom. The molecule has 6 nitrogen and oxygen atoms in total. The highest BCUT2D eigenvalue weighted by atomic mass is 16.2. The molecule has 24 heavy (non-hydrogen) atoms. The van der Waals surface area contributed by atoms with Gasteiger partial charge in [0, 0.05) is 44.1 Å². The van der Waals surface area contributed by atoms with Crippen molar-refractivity contribution in [1.29, 1.82) is 0 Å². The fourth-order valence-electron chi connectivity index (χ4n) is 3.42. The van der Waals surface area contributed by atoms with Crippen LogP contribution in [0.2, 0.25) is 0 Å². The zero-order chi connectivity index (χ0) is 17.1. The summed E-state index contributed by atoms with van der Waals surface area (Å²) in [7, 11) is 0. The van der Waals surface area contributed by atoms with Crippen molar-refractivity contribution < 1.29 is 4.79 Å². The molecule has 0 radical (unpaired) electrons. The molecule has 1 amide bonds. The molecule has 1 aliphatic heterocycles. The monoisotopic (exact) mass is 327 g/mol. The molecule has 1 saturated heterocycles. The Morgan fingerprint density at radius 3 is 2.96 bits per heavy atom. The van der Waals surface area contributed by atoms with E-state index in [1.807, 2.05) is 47.8 Å². The molecule has 2 unspecified atom stereocenters. The fourth-order valence-corrected chi connectivity index (χ4v) is 3.42. The van der Waals surface area contributed by atoms with E-state index in [9.17, 15) is 4.79 Å². The number of carbonyl (C=O) groups excluding carboxylic acids is 1. The summed E-state index contributed by atoms with van der Waals surface area (Å²) in [5.41, 5.74) is 3.16. The van der Waals surface area contributed by atoms with Crippen molar-refractivity contribution in [1.82, 2.24) is 25.0 Å². The van der Waals surface area contributed by atoms with E-state index in [0.29, 0.717) is 6.42 Å². The summed E-state index contributed by atoms with van der Waals surface area (Å²) in [6, 6.07) is 6.10. The standard InChI is InChI=1S/C18H25N5O/c1-13-9-14(2)23(21-13)15(3)10-18(24)22-8-7-20-12-17(22)16-5-4-6-19-11-16/h4-6,9,11,15,17,20H,7-8,10,12H2,1-3H3. The van der Waals surface area contributed by atoms with E-state index in [1.165, 1.54) is 0 Å². The van der Waals surface area contributed by atoms with Crippen LogP contribution < -0.4 is 5.32 Å². The van der Waals surface area contributed by atoms with Crippen LogP contribution in [-0.4, -0.2) is 45.2 Å². The topological polar surface area (TPSA) is 63.1 Å². The third-order valence-electron chi connectivity index (χ3n) is 4.57. The van der Waals surface area contributed by atoms with Gasteiger partial charge < -0.3 is 10.2 Å². The minimum Gasteiger partial charge on any atom is -0.333 e. The molecule has 0 aromatic carbocycles. The molecule has 0 aliphatic carbocycles. The van der Waals surface area contributed by atoms with E-state index in [4.69, 9.17) is 0 Å². The fraction of sp³-hybridized carbons (Fsp3) is 0.500. The third-order valence-corrected chi connectivity index (χ3v) is 4.57. The number of piperazine rings is 1. The summed E-state index contributed by atoms with van der Waals surface area (Å²) in [6.45, 7) is 8.39. The van der Waals surface area contributed by atoms with Gasteiger partial charge in [0.1, 0.15) is 0 Å². The average molecular weight is 327 g/mol. The van der Waals surface area contributed by atoms with Crippen LogP contribution in [0.1, 0.15) is 42.4 Å². The Labute approximate surface area is 142 Å². The zero-order valence-corrected chi connectivity index (χ0v) is 14.6. The van der Waals surface area contributed by atoms with Crippen molar-refractivity contribution >= 4 is 5.91 Å². The molecule has 1 aliphatic rings. The minimum absolute atomic E-state index is 0.0487. The highest BCUT2D eigenvalue weighted by molar-refractivity contribution is 5.77. The van der Waals surface area contributed by atoms with Gasteiger partial charge in [-0.2, -0.15) is 5.10 Å². The van der Waals surface area contributed by atoms with Crippen molar-refractivity contribution in [2.45, 2.75) is 39.3 Å². The van der Waals surface area contributed by atoms with Gasteiger partial charge in [-0.15, -0.1) is 0 Å². The number of hydrogen-bond acceptors (Lipinski definition) is 4. The molecule has 2 aromatic rings. The van der Waals surface area contributed by atoms with Gasteiger partial charge >= 0.3 is 0 Å². The first-order valence-corrected chi connectivity index (χ1v) is 8.49. The van der Waals surface area contributed by atoms with E-state index < -0.39 is 0 Å². The Morgan fingerprint density at radius 1 is 1.46 bits per heavy atom. The zero-order valence-electron chi connectivity index (χ0n) is 14.6. The van der Waals surface area contributed by atoms with Crippen molar-refractivity contribution in [2.24, 2.45) is 0 Å². The lowest BCUT2D eigenvalue weighted by molar-refractivity contribution is -0.135. The molecule has 1 fully saturated rings. The number of hydrogen-bond donors (Lipinski definition) is 1. The summed E-state index contributed by atoms with van der Waals surface area (Å²) in [4.78, 5) is 19.1. The summed E-state index contributed by atoms with van der Waals surface area (Å²) in [5.74, 6) is 0.172. The number of nitrogens with one attached hydrogen (secondary N) is 1. The maximum atomic E-state index is 12.9. The molecule has 2 atom stereocenters. The molecule has 6 heteroatoms. The van der Waals surface area contributed by atoms with Gasteiger partial charge in [-0.1, -0.05) is 6.07 Å². The maximum absolute atomic E-state index is 12.9. The van der Waals surface area contributed by atoms with Gasteiger partial charge in [-0.3, -0.25) is 14.5 Å². The second-order valence-electron chi connectivity index (χ2n) is 6.52.